The van der Waals surface area contributed by atoms with Crippen LogP contribution in [0.2, 0.25) is 5.02 Å². The molecule has 0 aliphatic heterocycles. The van der Waals surface area contributed by atoms with Gasteiger partial charge in [0.15, 0.2) is 0 Å². The van der Waals surface area contributed by atoms with E-state index in [9.17, 15) is 5.11 Å². The Balaban J connectivity index is 2.70. The molecule has 0 unspecified atom stereocenters. The predicted molar refractivity (Wildman–Crippen MR) is 64.6 cm³/mol. The number of phenolic OH excluding ortho intramolecular Hbond substituents is 1. The molecule has 0 atom stereocenters. The van der Waals surface area contributed by atoms with E-state index in [-0.39, 0.29) is 5.75 Å². The number of benzene rings is 1. The molecule has 2 rings (SSSR count). The fraction of sp³-hybridized carbons (Fsp3) is 0.182. The molecule has 0 saturated heterocycles. The second-order valence-electron chi connectivity index (χ2n) is 3.75. The number of aromatic amines is 1. The van der Waals surface area contributed by atoms with Crippen LogP contribution in [-0.4, -0.2) is 15.3 Å². The predicted octanol–water partition coefficient (Wildman–Crippen LogP) is 2.63. The topological polar surface area (TPSA) is 74.9 Å². The molecule has 2 aromatic rings. The third-order valence-electron chi connectivity index (χ3n) is 2.49. The van der Waals surface area contributed by atoms with Crippen molar-refractivity contribution >= 4 is 17.4 Å². The maximum Gasteiger partial charge on any atom is 0.145 e. The van der Waals surface area contributed by atoms with Gasteiger partial charge in [0, 0.05) is 11.6 Å². The maximum absolute atomic E-state index is 10.0. The molecular weight excluding hydrogens is 226 g/mol. The number of nitrogens with zero attached hydrogens (tertiary/aromatic N) is 1. The molecule has 0 bridgehead atoms. The normalized spacial score (nSPS) is 10.7. The van der Waals surface area contributed by atoms with Crippen molar-refractivity contribution < 1.29 is 5.11 Å². The number of aromatic nitrogens is 2. The third kappa shape index (κ3) is 1.61. The Morgan fingerprint density at radius 1 is 1.31 bits per heavy atom. The molecule has 5 heteroatoms. The van der Waals surface area contributed by atoms with Gasteiger partial charge in [-0.2, -0.15) is 5.10 Å². The molecule has 0 aliphatic carbocycles. The minimum absolute atomic E-state index is 0.0582. The van der Waals surface area contributed by atoms with Crippen molar-refractivity contribution in [3.05, 3.63) is 28.3 Å². The van der Waals surface area contributed by atoms with Gasteiger partial charge < -0.3 is 10.8 Å². The van der Waals surface area contributed by atoms with Crippen molar-refractivity contribution in [3.8, 4) is 17.0 Å². The van der Waals surface area contributed by atoms with E-state index in [0.717, 1.165) is 11.1 Å². The Bertz CT molecular complexity index is 548. The van der Waals surface area contributed by atoms with Gasteiger partial charge in [-0.25, -0.2) is 0 Å². The van der Waals surface area contributed by atoms with E-state index in [1.165, 1.54) is 0 Å². The number of hydrogen-bond acceptors (Lipinski definition) is 3. The first-order valence-corrected chi connectivity index (χ1v) is 5.18. The van der Waals surface area contributed by atoms with E-state index in [4.69, 9.17) is 17.3 Å². The molecule has 16 heavy (non-hydrogen) atoms. The molecule has 4 N–H and O–H groups in total. The van der Waals surface area contributed by atoms with Crippen molar-refractivity contribution in [3.63, 3.8) is 0 Å². The summed E-state index contributed by atoms with van der Waals surface area (Å²) in [5.41, 5.74) is 8.59. The van der Waals surface area contributed by atoms with Crippen LogP contribution < -0.4 is 5.73 Å². The van der Waals surface area contributed by atoms with Gasteiger partial charge in [-0.3, -0.25) is 5.10 Å². The standard InChI is InChI=1S/C11H12ClN3O/c1-5-3-6(2)10(12)11(16)9(5)7-4-8(13)15-14-7/h3-4,16H,1-2H3,(H3,13,14,15). The van der Waals surface area contributed by atoms with E-state index in [2.05, 4.69) is 10.2 Å². The second kappa shape index (κ2) is 3.72. The van der Waals surface area contributed by atoms with Crippen LogP contribution >= 0.6 is 11.6 Å². The van der Waals surface area contributed by atoms with Gasteiger partial charge in [-0.1, -0.05) is 17.7 Å². The molecule has 1 heterocycles. The van der Waals surface area contributed by atoms with Gasteiger partial charge in [0.2, 0.25) is 0 Å². The van der Waals surface area contributed by atoms with Crippen LogP contribution in [0.5, 0.6) is 5.75 Å². The summed E-state index contributed by atoms with van der Waals surface area (Å²) in [6, 6.07) is 3.57. The molecule has 0 saturated carbocycles. The number of rotatable bonds is 1. The minimum Gasteiger partial charge on any atom is -0.506 e. The van der Waals surface area contributed by atoms with Crippen LogP contribution in [0, 0.1) is 13.8 Å². The number of halogens is 1. The lowest BCUT2D eigenvalue weighted by Gasteiger charge is -2.10. The van der Waals surface area contributed by atoms with E-state index < -0.39 is 0 Å². The third-order valence-corrected chi connectivity index (χ3v) is 2.96. The maximum atomic E-state index is 10.0. The number of nitrogen functional groups attached to an aromatic ring is 1. The van der Waals surface area contributed by atoms with Gasteiger partial charge in [-0.15, -0.1) is 0 Å². The number of phenols is 1. The fourth-order valence-electron chi connectivity index (χ4n) is 1.75. The molecule has 0 fully saturated rings. The van der Waals surface area contributed by atoms with Gasteiger partial charge in [-0.05, 0) is 25.0 Å². The molecule has 0 spiro atoms. The zero-order chi connectivity index (χ0) is 11.9. The highest BCUT2D eigenvalue weighted by molar-refractivity contribution is 6.33. The molecule has 1 aromatic heterocycles. The lowest BCUT2D eigenvalue weighted by molar-refractivity contribution is 0.476. The quantitative estimate of drug-likeness (QED) is 0.714. The zero-order valence-corrected chi connectivity index (χ0v) is 9.76. The number of hydrogen-bond donors (Lipinski definition) is 3. The van der Waals surface area contributed by atoms with Crippen LogP contribution in [0.4, 0.5) is 5.82 Å². The van der Waals surface area contributed by atoms with Gasteiger partial charge >= 0.3 is 0 Å². The lowest BCUT2D eigenvalue weighted by atomic mass is 10.0. The number of anilines is 1. The highest BCUT2D eigenvalue weighted by Gasteiger charge is 2.15. The van der Waals surface area contributed by atoms with Crippen LogP contribution in [-0.2, 0) is 0 Å². The Morgan fingerprint density at radius 2 is 2.00 bits per heavy atom. The molecule has 84 valence electrons. The minimum atomic E-state index is 0.0582. The summed E-state index contributed by atoms with van der Waals surface area (Å²) in [4.78, 5) is 0. The summed E-state index contributed by atoms with van der Waals surface area (Å²) < 4.78 is 0. The number of aromatic hydroxyl groups is 1. The fourth-order valence-corrected chi connectivity index (χ4v) is 1.90. The highest BCUT2D eigenvalue weighted by Crippen LogP contribution is 2.39. The van der Waals surface area contributed by atoms with Crippen molar-refractivity contribution in [2.24, 2.45) is 0 Å². The Morgan fingerprint density at radius 3 is 2.56 bits per heavy atom. The first-order valence-electron chi connectivity index (χ1n) is 4.80. The molecular formula is C11H12ClN3O. The molecule has 0 amide bonds. The highest BCUT2D eigenvalue weighted by atomic mass is 35.5. The number of nitrogens with one attached hydrogen (secondary N) is 1. The van der Waals surface area contributed by atoms with E-state index in [1.807, 2.05) is 19.9 Å². The van der Waals surface area contributed by atoms with E-state index in [0.29, 0.717) is 22.1 Å². The summed E-state index contributed by atoms with van der Waals surface area (Å²) in [5.74, 6) is 0.438. The zero-order valence-electron chi connectivity index (χ0n) is 9.00. The van der Waals surface area contributed by atoms with Gasteiger partial charge in [0.05, 0.1) is 10.7 Å². The van der Waals surface area contributed by atoms with Gasteiger partial charge in [0.25, 0.3) is 0 Å². The molecule has 1 aromatic carbocycles. The number of aryl methyl sites for hydroxylation is 2. The monoisotopic (exact) mass is 237 g/mol. The molecule has 0 radical (unpaired) electrons. The summed E-state index contributed by atoms with van der Waals surface area (Å²) in [5, 5.41) is 16.9. The van der Waals surface area contributed by atoms with Gasteiger partial charge in [0.1, 0.15) is 11.6 Å². The van der Waals surface area contributed by atoms with Crippen molar-refractivity contribution in [2.75, 3.05) is 5.73 Å². The summed E-state index contributed by atoms with van der Waals surface area (Å²) in [6.45, 7) is 3.75. The molecule has 4 nitrogen and oxygen atoms in total. The second-order valence-corrected chi connectivity index (χ2v) is 4.13. The number of H-pyrrole nitrogens is 1. The summed E-state index contributed by atoms with van der Waals surface area (Å²) >= 11 is 6.00. The first kappa shape index (κ1) is 10.8. The van der Waals surface area contributed by atoms with Crippen molar-refractivity contribution in [1.29, 1.82) is 0 Å². The Labute approximate surface area is 98.1 Å². The van der Waals surface area contributed by atoms with E-state index in [1.54, 1.807) is 6.07 Å². The van der Waals surface area contributed by atoms with Crippen LogP contribution in [0.1, 0.15) is 11.1 Å². The average Bonchev–Trinajstić information content (AvgIpc) is 2.61. The Kier molecular flexibility index (Phi) is 2.52. The lowest BCUT2D eigenvalue weighted by Crippen LogP contribution is -1.88. The molecule has 0 aliphatic rings. The smallest absolute Gasteiger partial charge is 0.145 e. The van der Waals surface area contributed by atoms with Crippen LogP contribution in [0.25, 0.3) is 11.3 Å². The van der Waals surface area contributed by atoms with Crippen LogP contribution in [0.3, 0.4) is 0 Å². The summed E-state index contributed by atoms with van der Waals surface area (Å²) in [7, 11) is 0. The first-order chi connectivity index (χ1) is 7.50. The average molecular weight is 238 g/mol. The largest absolute Gasteiger partial charge is 0.506 e. The summed E-state index contributed by atoms with van der Waals surface area (Å²) in [6.07, 6.45) is 0. The Hall–Kier alpha value is -1.68. The van der Waals surface area contributed by atoms with Crippen molar-refractivity contribution in [1.82, 2.24) is 10.2 Å². The number of nitrogens with two attached hydrogens (primary N) is 1. The van der Waals surface area contributed by atoms with E-state index >= 15 is 0 Å². The van der Waals surface area contributed by atoms with Crippen molar-refractivity contribution in [2.45, 2.75) is 13.8 Å². The SMILES string of the molecule is Cc1cc(C)c(-c2cc(N)n[nH]2)c(O)c1Cl. The van der Waals surface area contributed by atoms with Crippen LogP contribution in [0.15, 0.2) is 12.1 Å².